The third-order valence-electron chi connectivity index (χ3n) is 2.47. The lowest BCUT2D eigenvalue weighted by Crippen LogP contribution is -2.43. The molecular weight excluding hydrogens is 214 g/mol. The topological polar surface area (TPSA) is 102 Å². The summed E-state index contributed by atoms with van der Waals surface area (Å²) in [6.45, 7) is 1.60. The maximum absolute atomic E-state index is 9.62. The third kappa shape index (κ3) is 3.08. The summed E-state index contributed by atoms with van der Waals surface area (Å²) in [7, 11) is 0. The van der Waals surface area contributed by atoms with Gasteiger partial charge < -0.3 is 30.5 Å². The van der Waals surface area contributed by atoms with Crippen molar-refractivity contribution in [3.8, 4) is 0 Å². The Morgan fingerprint density at radius 1 is 1.56 bits per heavy atom. The van der Waals surface area contributed by atoms with Crippen LogP contribution in [0.1, 0.15) is 19.8 Å². The van der Waals surface area contributed by atoms with E-state index in [1.165, 1.54) is 0 Å². The van der Waals surface area contributed by atoms with Crippen LogP contribution in [0.25, 0.3) is 0 Å². The summed E-state index contributed by atoms with van der Waals surface area (Å²) >= 11 is 0. The molecule has 0 aliphatic carbocycles. The molecule has 0 amide bonds. The smallest absolute Gasteiger partial charge is 0.145 e. The van der Waals surface area contributed by atoms with Crippen molar-refractivity contribution >= 4 is 0 Å². The third-order valence-corrected chi connectivity index (χ3v) is 2.47. The van der Waals surface area contributed by atoms with E-state index in [4.69, 9.17) is 9.84 Å². The second kappa shape index (κ2) is 6.05. The van der Waals surface area contributed by atoms with Gasteiger partial charge in [0, 0.05) is 0 Å². The van der Waals surface area contributed by atoms with Gasteiger partial charge in [0.2, 0.25) is 0 Å². The van der Waals surface area contributed by atoms with Gasteiger partial charge in [-0.05, 0) is 6.42 Å². The summed E-state index contributed by atoms with van der Waals surface area (Å²) in [5, 5.41) is 40.1. The summed E-state index contributed by atoms with van der Waals surface area (Å²) in [5.74, 6) is -0.277. The molecule has 6 heteroatoms. The van der Waals surface area contributed by atoms with Crippen LogP contribution < -0.4 is 5.32 Å². The molecule has 1 heterocycles. The van der Waals surface area contributed by atoms with E-state index in [1.54, 1.807) is 0 Å². The molecule has 0 fully saturated rings. The Morgan fingerprint density at radius 3 is 2.81 bits per heavy atom. The quantitative estimate of drug-likeness (QED) is 0.399. The second-order valence-electron chi connectivity index (χ2n) is 3.79. The molecule has 0 saturated heterocycles. The van der Waals surface area contributed by atoms with Crippen molar-refractivity contribution in [1.29, 1.82) is 0 Å². The Balaban J connectivity index is 2.62. The Labute approximate surface area is 94.2 Å². The first kappa shape index (κ1) is 13.2. The fourth-order valence-corrected chi connectivity index (χ4v) is 1.52. The highest BCUT2D eigenvalue weighted by Crippen LogP contribution is 2.18. The largest absolute Gasteiger partial charge is 0.508 e. The zero-order valence-corrected chi connectivity index (χ0v) is 9.26. The van der Waals surface area contributed by atoms with Gasteiger partial charge in [0.25, 0.3) is 0 Å². The van der Waals surface area contributed by atoms with Gasteiger partial charge in [0.1, 0.15) is 24.2 Å². The van der Waals surface area contributed by atoms with Crippen molar-refractivity contribution in [2.24, 2.45) is 0 Å². The Bertz CT molecular complexity index is 256. The molecule has 0 bridgehead atoms. The molecule has 94 valence electrons. The minimum absolute atomic E-state index is 0.0366. The number of aliphatic hydroxyl groups excluding tert-OH is 4. The first-order valence-electron chi connectivity index (χ1n) is 5.37. The molecule has 0 aromatic heterocycles. The Morgan fingerprint density at radius 2 is 2.25 bits per heavy atom. The van der Waals surface area contributed by atoms with Crippen molar-refractivity contribution in [3.63, 3.8) is 0 Å². The second-order valence-corrected chi connectivity index (χ2v) is 3.79. The van der Waals surface area contributed by atoms with Crippen LogP contribution in [0.3, 0.4) is 0 Å². The Hall–Kier alpha value is -0.820. The molecule has 0 radical (unpaired) electrons. The molecule has 3 atom stereocenters. The van der Waals surface area contributed by atoms with Gasteiger partial charge in [-0.15, -0.1) is 0 Å². The van der Waals surface area contributed by atoms with E-state index < -0.39 is 18.4 Å². The molecule has 1 rings (SSSR count). The molecule has 16 heavy (non-hydrogen) atoms. The highest BCUT2D eigenvalue weighted by molar-refractivity contribution is 5.15. The van der Waals surface area contributed by atoms with E-state index in [9.17, 15) is 15.3 Å². The maximum Gasteiger partial charge on any atom is 0.145 e. The summed E-state index contributed by atoms with van der Waals surface area (Å²) in [6.07, 6.45) is -1.51. The molecule has 0 spiro atoms. The summed E-state index contributed by atoms with van der Waals surface area (Å²) in [4.78, 5) is 0. The van der Waals surface area contributed by atoms with Gasteiger partial charge in [-0.3, -0.25) is 0 Å². The van der Waals surface area contributed by atoms with Crippen molar-refractivity contribution in [2.75, 3.05) is 13.2 Å². The van der Waals surface area contributed by atoms with E-state index in [0.29, 0.717) is 6.42 Å². The first-order chi connectivity index (χ1) is 7.60. The Kier molecular flexibility index (Phi) is 5.01. The number of aliphatic hydroxyl groups is 4. The summed E-state index contributed by atoms with van der Waals surface area (Å²) in [6, 6.07) is 0. The minimum Gasteiger partial charge on any atom is -0.508 e. The number of ether oxygens (including phenoxy) is 1. The van der Waals surface area contributed by atoms with Crippen LogP contribution in [0.15, 0.2) is 11.5 Å². The van der Waals surface area contributed by atoms with Gasteiger partial charge >= 0.3 is 0 Å². The lowest BCUT2D eigenvalue weighted by Gasteiger charge is -2.29. The molecule has 0 saturated carbocycles. The average Bonchev–Trinajstić information content (AvgIpc) is 2.25. The molecule has 1 aliphatic rings. The van der Waals surface area contributed by atoms with E-state index in [-0.39, 0.29) is 24.7 Å². The number of hydrogen-bond acceptors (Lipinski definition) is 6. The van der Waals surface area contributed by atoms with Crippen molar-refractivity contribution < 1.29 is 25.2 Å². The normalized spacial score (nSPS) is 28.0. The van der Waals surface area contributed by atoms with Crippen LogP contribution in [-0.2, 0) is 4.74 Å². The zero-order chi connectivity index (χ0) is 12.1. The van der Waals surface area contributed by atoms with Crippen LogP contribution in [0.4, 0.5) is 0 Å². The van der Waals surface area contributed by atoms with Crippen LogP contribution in [0.5, 0.6) is 0 Å². The van der Waals surface area contributed by atoms with Gasteiger partial charge in [-0.25, -0.2) is 0 Å². The van der Waals surface area contributed by atoms with E-state index >= 15 is 0 Å². The number of hydrogen-bond donors (Lipinski definition) is 5. The molecule has 2 unspecified atom stereocenters. The first-order valence-corrected chi connectivity index (χ1v) is 5.37. The van der Waals surface area contributed by atoms with Crippen molar-refractivity contribution in [1.82, 2.24) is 5.32 Å². The monoisotopic (exact) mass is 233 g/mol. The van der Waals surface area contributed by atoms with Gasteiger partial charge in [-0.1, -0.05) is 13.3 Å². The molecule has 0 aromatic rings. The lowest BCUT2D eigenvalue weighted by atomic mass is 10.1. The zero-order valence-electron chi connectivity index (χ0n) is 9.26. The standard InChI is InChI=1S/C10H19NO5/c1-2-3-8(13)11-6-5-16-7(4-12)10(15)9(6)14/h7-8,10-15H,2-5H2,1H3/t7?,8?,10-/m1/s1. The summed E-state index contributed by atoms with van der Waals surface area (Å²) < 4.78 is 5.11. The fraction of sp³-hybridized carbons (Fsp3) is 0.800. The van der Waals surface area contributed by atoms with Gasteiger partial charge in [0.15, 0.2) is 0 Å². The van der Waals surface area contributed by atoms with Gasteiger partial charge in [-0.2, -0.15) is 0 Å². The molecule has 5 N–H and O–H groups in total. The lowest BCUT2D eigenvalue weighted by molar-refractivity contribution is -0.0739. The molecular formula is C10H19NO5. The molecule has 6 nitrogen and oxygen atoms in total. The van der Waals surface area contributed by atoms with Crippen LogP contribution in [-0.4, -0.2) is 52.1 Å². The van der Waals surface area contributed by atoms with Crippen LogP contribution >= 0.6 is 0 Å². The van der Waals surface area contributed by atoms with E-state index in [2.05, 4.69) is 5.32 Å². The predicted molar refractivity (Wildman–Crippen MR) is 56.5 cm³/mol. The highest BCUT2D eigenvalue weighted by Gasteiger charge is 2.31. The van der Waals surface area contributed by atoms with Crippen LogP contribution in [0.2, 0.25) is 0 Å². The van der Waals surface area contributed by atoms with E-state index in [0.717, 1.165) is 6.42 Å². The number of nitrogens with one attached hydrogen (secondary N) is 1. The number of rotatable bonds is 5. The highest BCUT2D eigenvalue weighted by atomic mass is 16.5. The average molecular weight is 233 g/mol. The fourth-order valence-electron chi connectivity index (χ4n) is 1.52. The minimum atomic E-state index is -1.25. The van der Waals surface area contributed by atoms with E-state index in [1.807, 2.05) is 6.92 Å². The maximum atomic E-state index is 9.62. The van der Waals surface area contributed by atoms with Gasteiger partial charge in [0.05, 0.1) is 18.9 Å². The SMILES string of the molecule is CCCC(O)NC1=C(O)[C@H](O)C(CO)OC1. The molecule has 1 aliphatic heterocycles. The van der Waals surface area contributed by atoms with Crippen molar-refractivity contribution in [2.45, 2.75) is 38.2 Å². The van der Waals surface area contributed by atoms with Crippen LogP contribution in [0, 0.1) is 0 Å². The predicted octanol–water partition coefficient (Wildman–Crippen LogP) is -0.784. The summed E-state index contributed by atoms with van der Waals surface area (Å²) in [5.41, 5.74) is 0.262. The van der Waals surface area contributed by atoms with Crippen molar-refractivity contribution in [3.05, 3.63) is 11.5 Å². The molecule has 0 aromatic carbocycles.